The summed E-state index contributed by atoms with van der Waals surface area (Å²) in [6.07, 6.45) is 2.17. The second kappa shape index (κ2) is 4.55. The first-order chi connectivity index (χ1) is 6.63. The highest BCUT2D eigenvalue weighted by Crippen LogP contribution is 2.06. The molecule has 0 aliphatic heterocycles. The number of rotatable bonds is 4. The van der Waals surface area contributed by atoms with Crippen LogP contribution in [0.1, 0.15) is 30.8 Å². The van der Waals surface area contributed by atoms with Crippen molar-refractivity contribution in [1.82, 2.24) is 9.97 Å². The fraction of sp³-hybridized carbons (Fsp3) is 0.444. The van der Waals surface area contributed by atoms with Gasteiger partial charge in [-0.2, -0.15) is 4.98 Å². The Morgan fingerprint density at radius 3 is 3.00 bits per heavy atom. The van der Waals surface area contributed by atoms with Crippen LogP contribution in [-0.2, 0) is 0 Å². The molecular formula is C9H12N2O3. The van der Waals surface area contributed by atoms with Crippen molar-refractivity contribution < 1.29 is 14.6 Å². The summed E-state index contributed by atoms with van der Waals surface area (Å²) in [4.78, 5) is 18.1. The monoisotopic (exact) mass is 196 g/mol. The molecule has 1 unspecified atom stereocenters. The molecule has 76 valence electrons. The predicted molar refractivity (Wildman–Crippen MR) is 49.4 cm³/mol. The normalized spacial score (nSPS) is 12.1. The van der Waals surface area contributed by atoms with E-state index in [1.165, 1.54) is 12.3 Å². The molecule has 1 atom stereocenters. The molecule has 0 saturated heterocycles. The molecule has 1 aromatic rings. The van der Waals surface area contributed by atoms with Crippen molar-refractivity contribution in [3.63, 3.8) is 0 Å². The van der Waals surface area contributed by atoms with Gasteiger partial charge in [0.15, 0.2) is 5.69 Å². The van der Waals surface area contributed by atoms with E-state index in [-0.39, 0.29) is 17.8 Å². The van der Waals surface area contributed by atoms with Gasteiger partial charge in [-0.15, -0.1) is 0 Å². The van der Waals surface area contributed by atoms with E-state index in [0.29, 0.717) is 0 Å². The lowest BCUT2D eigenvalue weighted by atomic mass is 10.3. The molecule has 0 aromatic carbocycles. The summed E-state index contributed by atoms with van der Waals surface area (Å²) >= 11 is 0. The van der Waals surface area contributed by atoms with Crippen LogP contribution in [0.25, 0.3) is 0 Å². The molecule has 0 amide bonds. The zero-order valence-electron chi connectivity index (χ0n) is 8.10. The van der Waals surface area contributed by atoms with Crippen molar-refractivity contribution >= 4 is 5.97 Å². The highest BCUT2D eigenvalue weighted by atomic mass is 16.5. The summed E-state index contributed by atoms with van der Waals surface area (Å²) in [6, 6.07) is 1.44. The number of carboxylic acids is 1. The Labute approximate surface area is 81.8 Å². The number of hydrogen-bond acceptors (Lipinski definition) is 4. The van der Waals surface area contributed by atoms with Gasteiger partial charge in [0, 0.05) is 6.20 Å². The number of ether oxygens (including phenoxy) is 1. The molecule has 0 fully saturated rings. The highest BCUT2D eigenvalue weighted by molar-refractivity contribution is 5.85. The van der Waals surface area contributed by atoms with Gasteiger partial charge in [-0.05, 0) is 19.4 Å². The topological polar surface area (TPSA) is 72.3 Å². The van der Waals surface area contributed by atoms with Gasteiger partial charge in [0.2, 0.25) is 0 Å². The quantitative estimate of drug-likeness (QED) is 0.786. The molecule has 0 saturated carbocycles. The van der Waals surface area contributed by atoms with Crippen LogP contribution in [-0.4, -0.2) is 27.1 Å². The van der Waals surface area contributed by atoms with E-state index >= 15 is 0 Å². The molecule has 0 spiro atoms. The Bertz CT molecular complexity index is 328. The average Bonchev–Trinajstić information content (AvgIpc) is 2.18. The lowest BCUT2D eigenvalue weighted by Gasteiger charge is -2.09. The first-order valence-corrected chi connectivity index (χ1v) is 4.36. The van der Waals surface area contributed by atoms with Crippen molar-refractivity contribution in [2.75, 3.05) is 0 Å². The van der Waals surface area contributed by atoms with Gasteiger partial charge in [-0.25, -0.2) is 9.78 Å². The van der Waals surface area contributed by atoms with E-state index in [1.807, 2.05) is 13.8 Å². The first kappa shape index (κ1) is 10.4. The molecular weight excluding hydrogens is 184 g/mol. The van der Waals surface area contributed by atoms with Crippen molar-refractivity contribution in [3.8, 4) is 6.01 Å². The summed E-state index contributed by atoms with van der Waals surface area (Å²) in [6.45, 7) is 3.84. The standard InChI is InChI=1S/C9H12N2O3/c1-3-6(2)14-9-10-5-4-7(11-9)8(12)13/h4-6H,3H2,1-2H3,(H,12,13). The van der Waals surface area contributed by atoms with E-state index < -0.39 is 5.97 Å². The van der Waals surface area contributed by atoms with E-state index in [2.05, 4.69) is 9.97 Å². The van der Waals surface area contributed by atoms with E-state index in [0.717, 1.165) is 6.42 Å². The molecule has 0 bridgehead atoms. The predicted octanol–water partition coefficient (Wildman–Crippen LogP) is 1.35. The van der Waals surface area contributed by atoms with Crippen LogP contribution in [0.4, 0.5) is 0 Å². The molecule has 1 heterocycles. The number of hydrogen-bond donors (Lipinski definition) is 1. The van der Waals surface area contributed by atoms with Crippen LogP contribution >= 0.6 is 0 Å². The van der Waals surface area contributed by atoms with Gasteiger partial charge in [-0.1, -0.05) is 6.92 Å². The Morgan fingerprint density at radius 1 is 1.71 bits per heavy atom. The highest BCUT2D eigenvalue weighted by Gasteiger charge is 2.08. The van der Waals surface area contributed by atoms with Gasteiger partial charge >= 0.3 is 12.0 Å². The number of aromatic nitrogens is 2. The van der Waals surface area contributed by atoms with Gasteiger partial charge < -0.3 is 9.84 Å². The summed E-state index contributed by atoms with van der Waals surface area (Å²) in [5.74, 6) is -1.08. The molecule has 5 heteroatoms. The van der Waals surface area contributed by atoms with Crippen LogP contribution in [0.3, 0.4) is 0 Å². The molecule has 0 radical (unpaired) electrons. The minimum absolute atomic E-state index is 0.0148. The van der Waals surface area contributed by atoms with E-state index in [9.17, 15) is 4.79 Å². The summed E-state index contributed by atoms with van der Waals surface area (Å²) in [5, 5.41) is 8.65. The Balaban J connectivity index is 2.78. The Kier molecular flexibility index (Phi) is 3.39. The zero-order valence-corrected chi connectivity index (χ0v) is 8.10. The third-order valence-corrected chi connectivity index (χ3v) is 1.73. The third kappa shape index (κ3) is 2.69. The second-order valence-corrected chi connectivity index (χ2v) is 2.87. The summed E-state index contributed by atoms with van der Waals surface area (Å²) in [7, 11) is 0. The SMILES string of the molecule is CCC(C)Oc1nccc(C(=O)O)n1. The van der Waals surface area contributed by atoms with Gasteiger partial charge in [0.05, 0.1) is 6.10 Å². The fourth-order valence-corrected chi connectivity index (χ4v) is 0.780. The molecule has 1 aromatic heterocycles. The molecule has 1 N–H and O–H groups in total. The van der Waals surface area contributed by atoms with Gasteiger partial charge in [-0.3, -0.25) is 0 Å². The molecule has 0 aliphatic rings. The zero-order chi connectivity index (χ0) is 10.6. The summed E-state index contributed by atoms with van der Waals surface area (Å²) in [5.41, 5.74) is -0.0571. The lowest BCUT2D eigenvalue weighted by molar-refractivity contribution is 0.0687. The van der Waals surface area contributed by atoms with Crippen LogP contribution in [0, 0.1) is 0 Å². The van der Waals surface area contributed by atoms with E-state index in [1.54, 1.807) is 0 Å². The van der Waals surface area contributed by atoms with E-state index in [4.69, 9.17) is 9.84 Å². The van der Waals surface area contributed by atoms with Crippen LogP contribution in [0.15, 0.2) is 12.3 Å². The molecule has 5 nitrogen and oxygen atoms in total. The van der Waals surface area contributed by atoms with Crippen LogP contribution < -0.4 is 4.74 Å². The smallest absolute Gasteiger partial charge is 0.354 e. The van der Waals surface area contributed by atoms with Gasteiger partial charge in [0.1, 0.15) is 0 Å². The lowest BCUT2D eigenvalue weighted by Crippen LogP contribution is -2.13. The Hall–Kier alpha value is -1.65. The number of carbonyl (C=O) groups is 1. The average molecular weight is 196 g/mol. The number of nitrogens with zero attached hydrogens (tertiary/aromatic N) is 2. The van der Waals surface area contributed by atoms with Crippen molar-refractivity contribution in [3.05, 3.63) is 18.0 Å². The number of carboxylic acid groups (broad SMARTS) is 1. The first-order valence-electron chi connectivity index (χ1n) is 4.36. The van der Waals surface area contributed by atoms with Crippen LogP contribution in [0.2, 0.25) is 0 Å². The Morgan fingerprint density at radius 2 is 2.43 bits per heavy atom. The molecule has 0 aliphatic carbocycles. The number of aromatic carboxylic acids is 1. The minimum Gasteiger partial charge on any atom is -0.477 e. The fourth-order valence-electron chi connectivity index (χ4n) is 0.780. The maximum atomic E-state index is 10.6. The minimum atomic E-state index is -1.08. The van der Waals surface area contributed by atoms with Crippen molar-refractivity contribution in [2.24, 2.45) is 0 Å². The maximum absolute atomic E-state index is 10.6. The third-order valence-electron chi connectivity index (χ3n) is 1.73. The maximum Gasteiger partial charge on any atom is 0.354 e. The van der Waals surface area contributed by atoms with Crippen molar-refractivity contribution in [1.29, 1.82) is 0 Å². The molecule has 14 heavy (non-hydrogen) atoms. The van der Waals surface area contributed by atoms with Gasteiger partial charge in [0.25, 0.3) is 0 Å². The summed E-state index contributed by atoms with van der Waals surface area (Å²) < 4.78 is 5.27. The molecule has 1 rings (SSSR count). The second-order valence-electron chi connectivity index (χ2n) is 2.87. The van der Waals surface area contributed by atoms with Crippen molar-refractivity contribution in [2.45, 2.75) is 26.4 Å². The largest absolute Gasteiger partial charge is 0.477 e. The van der Waals surface area contributed by atoms with Crippen LogP contribution in [0.5, 0.6) is 6.01 Å².